The SMILES string of the molecule is CC.Cc1c(C)n(CCN(C)C)c2ccccc12. The van der Waals surface area contributed by atoms with Crippen LogP contribution in [0.3, 0.4) is 0 Å². The number of aromatic nitrogens is 1. The van der Waals surface area contributed by atoms with Crippen molar-refractivity contribution in [2.24, 2.45) is 0 Å². The minimum atomic E-state index is 1.06. The van der Waals surface area contributed by atoms with Crippen molar-refractivity contribution < 1.29 is 0 Å². The third kappa shape index (κ3) is 2.94. The van der Waals surface area contributed by atoms with Crippen molar-refractivity contribution in [3.8, 4) is 0 Å². The molecule has 0 aliphatic heterocycles. The Kier molecular flexibility index (Phi) is 5.42. The number of hydrogen-bond donors (Lipinski definition) is 0. The standard InChI is InChI=1S/C14H20N2.C2H6/c1-11-12(2)16(10-9-15(3)4)14-8-6-5-7-13(11)14;1-2/h5-8H,9-10H2,1-4H3;1-2H3. The van der Waals surface area contributed by atoms with Gasteiger partial charge in [-0.25, -0.2) is 0 Å². The van der Waals surface area contributed by atoms with E-state index in [0.29, 0.717) is 0 Å². The number of rotatable bonds is 3. The Bertz CT molecular complexity index is 495. The van der Waals surface area contributed by atoms with Crippen LogP contribution in [-0.4, -0.2) is 30.1 Å². The molecule has 0 N–H and O–H groups in total. The van der Waals surface area contributed by atoms with Crippen molar-refractivity contribution >= 4 is 10.9 Å². The molecule has 0 amide bonds. The van der Waals surface area contributed by atoms with Gasteiger partial charge in [-0.05, 0) is 39.6 Å². The van der Waals surface area contributed by atoms with Crippen LogP contribution in [0.5, 0.6) is 0 Å². The lowest BCUT2D eigenvalue weighted by molar-refractivity contribution is 0.385. The van der Waals surface area contributed by atoms with Gasteiger partial charge < -0.3 is 9.47 Å². The molecule has 0 radical (unpaired) electrons. The molecule has 0 fully saturated rings. The highest BCUT2D eigenvalue weighted by atomic mass is 15.1. The van der Waals surface area contributed by atoms with E-state index >= 15 is 0 Å². The van der Waals surface area contributed by atoms with Crippen LogP contribution in [-0.2, 0) is 6.54 Å². The summed E-state index contributed by atoms with van der Waals surface area (Å²) in [5, 5.41) is 1.39. The molecule has 1 aromatic heterocycles. The first-order valence-electron chi connectivity index (χ1n) is 6.80. The lowest BCUT2D eigenvalue weighted by Gasteiger charge is -2.13. The summed E-state index contributed by atoms with van der Waals surface area (Å²) in [6.07, 6.45) is 0. The first kappa shape index (κ1) is 14.8. The maximum absolute atomic E-state index is 2.42. The summed E-state index contributed by atoms with van der Waals surface area (Å²) in [5.41, 5.74) is 4.16. The Morgan fingerprint density at radius 1 is 1.06 bits per heavy atom. The summed E-state index contributed by atoms with van der Waals surface area (Å²) in [6.45, 7) is 10.6. The Labute approximate surface area is 111 Å². The average molecular weight is 246 g/mol. The van der Waals surface area contributed by atoms with Gasteiger partial charge in [0.1, 0.15) is 0 Å². The molecule has 2 heteroatoms. The van der Waals surface area contributed by atoms with Crippen LogP contribution in [0, 0.1) is 13.8 Å². The molecule has 1 aromatic carbocycles. The molecule has 0 spiro atoms. The van der Waals surface area contributed by atoms with Crippen molar-refractivity contribution in [3.63, 3.8) is 0 Å². The predicted octanol–water partition coefficient (Wildman–Crippen LogP) is 3.85. The quantitative estimate of drug-likeness (QED) is 0.798. The highest BCUT2D eigenvalue weighted by molar-refractivity contribution is 5.85. The van der Waals surface area contributed by atoms with Crippen molar-refractivity contribution in [2.45, 2.75) is 34.2 Å². The van der Waals surface area contributed by atoms with Gasteiger partial charge in [-0.2, -0.15) is 0 Å². The van der Waals surface area contributed by atoms with E-state index in [9.17, 15) is 0 Å². The number of para-hydroxylation sites is 1. The second-order valence-corrected chi connectivity index (χ2v) is 4.68. The first-order chi connectivity index (χ1) is 8.61. The molecule has 100 valence electrons. The van der Waals surface area contributed by atoms with Crippen LogP contribution in [0.15, 0.2) is 24.3 Å². The first-order valence-corrected chi connectivity index (χ1v) is 6.80. The number of fused-ring (bicyclic) bond motifs is 1. The molecule has 0 bridgehead atoms. The van der Waals surface area contributed by atoms with Crippen molar-refractivity contribution in [2.75, 3.05) is 20.6 Å². The monoisotopic (exact) mass is 246 g/mol. The van der Waals surface area contributed by atoms with E-state index in [1.165, 1.54) is 22.2 Å². The molecular formula is C16H26N2. The highest BCUT2D eigenvalue weighted by Crippen LogP contribution is 2.24. The zero-order valence-electron chi connectivity index (χ0n) is 12.6. The number of aryl methyl sites for hydroxylation is 1. The van der Waals surface area contributed by atoms with Crippen molar-refractivity contribution in [1.82, 2.24) is 9.47 Å². The van der Waals surface area contributed by atoms with Gasteiger partial charge in [-0.3, -0.25) is 0 Å². The summed E-state index contributed by atoms with van der Waals surface area (Å²) in [6, 6.07) is 8.66. The highest BCUT2D eigenvalue weighted by Gasteiger charge is 2.09. The summed E-state index contributed by atoms with van der Waals surface area (Å²) in [4.78, 5) is 2.23. The third-order valence-corrected chi connectivity index (χ3v) is 3.32. The topological polar surface area (TPSA) is 8.17 Å². The molecule has 0 saturated heterocycles. The zero-order valence-corrected chi connectivity index (χ0v) is 12.6. The van der Waals surface area contributed by atoms with Gasteiger partial charge >= 0.3 is 0 Å². The molecule has 0 saturated carbocycles. The molecule has 1 heterocycles. The molecular weight excluding hydrogens is 220 g/mol. The van der Waals surface area contributed by atoms with E-state index in [-0.39, 0.29) is 0 Å². The van der Waals surface area contributed by atoms with Crippen LogP contribution < -0.4 is 0 Å². The van der Waals surface area contributed by atoms with Crippen molar-refractivity contribution in [1.29, 1.82) is 0 Å². The second kappa shape index (κ2) is 6.60. The maximum Gasteiger partial charge on any atom is 0.0485 e. The third-order valence-electron chi connectivity index (χ3n) is 3.32. The minimum absolute atomic E-state index is 1.06. The molecule has 2 nitrogen and oxygen atoms in total. The molecule has 18 heavy (non-hydrogen) atoms. The molecule has 0 aliphatic carbocycles. The van der Waals surface area contributed by atoms with Gasteiger partial charge in [-0.15, -0.1) is 0 Å². The number of likely N-dealkylation sites (N-methyl/N-ethyl adjacent to an activating group) is 1. The summed E-state index contributed by atoms with van der Waals surface area (Å²) in [5.74, 6) is 0. The number of benzene rings is 1. The largest absolute Gasteiger partial charge is 0.343 e. The Hall–Kier alpha value is -1.28. The fourth-order valence-electron chi connectivity index (χ4n) is 2.19. The second-order valence-electron chi connectivity index (χ2n) is 4.68. The molecule has 0 unspecified atom stereocenters. The Morgan fingerprint density at radius 3 is 2.28 bits per heavy atom. The predicted molar refractivity (Wildman–Crippen MR) is 81.3 cm³/mol. The number of hydrogen-bond acceptors (Lipinski definition) is 1. The summed E-state index contributed by atoms with van der Waals surface area (Å²) >= 11 is 0. The van der Waals surface area contributed by atoms with E-state index in [1.54, 1.807) is 0 Å². The fraction of sp³-hybridized carbons (Fsp3) is 0.500. The van der Waals surface area contributed by atoms with E-state index in [1.807, 2.05) is 13.8 Å². The lowest BCUT2D eigenvalue weighted by atomic mass is 10.2. The lowest BCUT2D eigenvalue weighted by Crippen LogP contribution is -2.18. The Balaban J connectivity index is 0.000000771. The minimum Gasteiger partial charge on any atom is -0.343 e. The number of nitrogens with zero attached hydrogens (tertiary/aromatic N) is 2. The molecule has 0 atom stereocenters. The normalized spacial score (nSPS) is 10.6. The van der Waals surface area contributed by atoms with Crippen LogP contribution in [0.1, 0.15) is 25.1 Å². The fourth-order valence-corrected chi connectivity index (χ4v) is 2.19. The van der Waals surface area contributed by atoms with Gasteiger partial charge in [0.2, 0.25) is 0 Å². The van der Waals surface area contributed by atoms with Gasteiger partial charge in [-0.1, -0.05) is 32.0 Å². The smallest absolute Gasteiger partial charge is 0.0485 e. The van der Waals surface area contributed by atoms with E-state index in [4.69, 9.17) is 0 Å². The Morgan fingerprint density at radius 2 is 1.67 bits per heavy atom. The van der Waals surface area contributed by atoms with Crippen LogP contribution >= 0.6 is 0 Å². The molecule has 2 aromatic rings. The summed E-state index contributed by atoms with van der Waals surface area (Å²) in [7, 11) is 4.24. The summed E-state index contributed by atoms with van der Waals surface area (Å²) < 4.78 is 2.42. The van der Waals surface area contributed by atoms with Gasteiger partial charge in [0.05, 0.1) is 0 Å². The van der Waals surface area contributed by atoms with Gasteiger partial charge in [0.25, 0.3) is 0 Å². The molecule has 0 aliphatic rings. The van der Waals surface area contributed by atoms with Crippen LogP contribution in [0.4, 0.5) is 0 Å². The zero-order chi connectivity index (χ0) is 13.7. The maximum atomic E-state index is 2.42. The van der Waals surface area contributed by atoms with E-state index in [0.717, 1.165) is 13.1 Å². The van der Waals surface area contributed by atoms with Crippen LogP contribution in [0.25, 0.3) is 10.9 Å². The van der Waals surface area contributed by atoms with Gasteiger partial charge in [0, 0.05) is 29.7 Å². The average Bonchev–Trinajstić information content (AvgIpc) is 2.63. The van der Waals surface area contributed by atoms with E-state index < -0.39 is 0 Å². The van der Waals surface area contributed by atoms with Crippen molar-refractivity contribution in [3.05, 3.63) is 35.5 Å². The van der Waals surface area contributed by atoms with Crippen LogP contribution in [0.2, 0.25) is 0 Å². The van der Waals surface area contributed by atoms with E-state index in [2.05, 4.69) is 61.7 Å². The van der Waals surface area contributed by atoms with Gasteiger partial charge in [0.15, 0.2) is 0 Å². The molecule has 2 rings (SSSR count).